The first-order valence-corrected chi connectivity index (χ1v) is 18.5. The lowest BCUT2D eigenvalue weighted by Crippen LogP contribution is -2.45. The zero-order valence-electron chi connectivity index (χ0n) is 30.8. The summed E-state index contributed by atoms with van der Waals surface area (Å²) in [6.07, 6.45) is 1.09. The van der Waals surface area contributed by atoms with Crippen molar-refractivity contribution in [2.24, 2.45) is 0 Å². The van der Waals surface area contributed by atoms with Gasteiger partial charge in [0.25, 0.3) is 11.8 Å². The molecule has 12 heteroatoms. The van der Waals surface area contributed by atoms with E-state index in [1.54, 1.807) is 9.80 Å². The second kappa shape index (κ2) is 16.9. The predicted octanol–water partition coefficient (Wildman–Crippen LogP) is 6.38. The van der Waals surface area contributed by atoms with Crippen LogP contribution in [-0.4, -0.2) is 83.0 Å². The topological polar surface area (TPSA) is 146 Å². The van der Waals surface area contributed by atoms with Crippen LogP contribution in [0.1, 0.15) is 49.0 Å². The van der Waals surface area contributed by atoms with Gasteiger partial charge in [-0.3, -0.25) is 24.3 Å². The summed E-state index contributed by atoms with van der Waals surface area (Å²) in [7, 11) is 3.01. The average molecular weight is 741 g/mol. The normalized spacial score (nSPS) is 17.8. The molecule has 4 aromatic carbocycles. The zero-order valence-corrected chi connectivity index (χ0v) is 30.8. The van der Waals surface area contributed by atoms with E-state index in [-0.39, 0.29) is 23.6 Å². The Morgan fingerprint density at radius 2 is 1.07 bits per heavy atom. The predicted molar refractivity (Wildman–Crippen MR) is 209 cm³/mol. The van der Waals surface area contributed by atoms with Crippen LogP contribution < -0.4 is 10.6 Å². The van der Waals surface area contributed by atoms with Gasteiger partial charge in [0, 0.05) is 44.2 Å². The first-order chi connectivity index (χ1) is 26.8. The second-order valence-electron chi connectivity index (χ2n) is 13.7. The molecule has 3 heterocycles. The molecule has 0 unspecified atom stereocenters. The van der Waals surface area contributed by atoms with Crippen LogP contribution in [0.3, 0.4) is 0 Å². The Hall–Kier alpha value is -6.11. The maximum Gasteiger partial charge on any atom is 0.257 e. The first-order valence-electron chi connectivity index (χ1n) is 18.5. The maximum absolute atomic E-state index is 13.4. The first kappa shape index (κ1) is 37.2. The summed E-state index contributed by atoms with van der Waals surface area (Å²) in [5.41, 5.74) is 5.99. The summed E-state index contributed by atoms with van der Waals surface area (Å²) in [5.74, 6) is -0.915. The van der Waals surface area contributed by atoms with E-state index in [0.717, 1.165) is 46.5 Å². The number of nitrogens with zero attached hydrogens (tertiary/aromatic N) is 3. The highest BCUT2D eigenvalue weighted by atomic mass is 16.5. The molecule has 0 bridgehead atoms. The van der Waals surface area contributed by atoms with E-state index in [9.17, 15) is 19.2 Å². The smallest absolute Gasteiger partial charge is 0.257 e. The second-order valence-corrected chi connectivity index (χ2v) is 13.7. The van der Waals surface area contributed by atoms with Gasteiger partial charge in [-0.25, -0.2) is 0 Å². The minimum Gasteiger partial charge on any atom is -0.367 e. The van der Waals surface area contributed by atoms with Crippen molar-refractivity contribution < 1.29 is 28.7 Å². The van der Waals surface area contributed by atoms with Gasteiger partial charge in [0.1, 0.15) is 12.1 Å². The number of hydrogen-bond acceptors (Lipinski definition) is 7. The number of amides is 4. The van der Waals surface area contributed by atoms with Gasteiger partial charge >= 0.3 is 0 Å². The number of aromatic nitrogens is 2. The van der Waals surface area contributed by atoms with E-state index in [0.29, 0.717) is 37.3 Å². The third-order valence-electron chi connectivity index (χ3n) is 10.3. The number of carbonyl (C=O) groups is 4. The van der Waals surface area contributed by atoms with Gasteiger partial charge in [-0.05, 0) is 72.7 Å². The summed E-state index contributed by atoms with van der Waals surface area (Å²) in [4.78, 5) is 56.8. The zero-order chi connectivity index (χ0) is 38.3. The Labute approximate surface area is 319 Å². The van der Waals surface area contributed by atoms with Crippen LogP contribution in [0.5, 0.6) is 0 Å². The minimum atomic E-state index is -0.770. The standard InChI is InChI=1S/C43H44N6O6/c1-54-38(30-11-5-3-6-12-30)42(52)48-25-9-15-36(48)40(50)44-32-21-17-28(18-22-32)34-27-35(47-46-34)29-19-23-33(24-20-29)45-41(51)37-16-10-26-49(37)43(53)39(55-2)31-13-7-4-8-14-31/h3-8,11-14,17-24,27,36-39H,9-10,15-16,25-26H2,1-2H3,(H,44,50)(H,45,51)(H,46,47)/t36-,37-,38-,39-/m0/s1. The number of methoxy groups -OCH3 is 2. The Balaban J connectivity index is 0.944. The molecule has 0 aliphatic carbocycles. The van der Waals surface area contributed by atoms with Gasteiger partial charge in [0.05, 0.1) is 11.4 Å². The van der Waals surface area contributed by atoms with Crippen molar-refractivity contribution in [1.29, 1.82) is 0 Å². The van der Waals surface area contributed by atoms with Crippen LogP contribution in [0.2, 0.25) is 0 Å². The van der Waals surface area contributed by atoms with Crippen molar-refractivity contribution in [2.45, 2.75) is 50.0 Å². The van der Waals surface area contributed by atoms with Crippen LogP contribution in [-0.2, 0) is 28.7 Å². The molecule has 2 fully saturated rings. The Morgan fingerprint density at radius 3 is 1.51 bits per heavy atom. The van der Waals surface area contributed by atoms with E-state index >= 15 is 0 Å². The monoisotopic (exact) mass is 740 g/mol. The molecule has 0 radical (unpaired) electrons. The van der Waals surface area contributed by atoms with Gasteiger partial charge in [0.2, 0.25) is 11.8 Å². The fraction of sp³-hybridized carbons (Fsp3) is 0.279. The van der Waals surface area contributed by atoms with Crippen LogP contribution in [0.4, 0.5) is 11.4 Å². The van der Waals surface area contributed by atoms with Gasteiger partial charge in [-0.1, -0.05) is 84.9 Å². The molecule has 0 spiro atoms. The van der Waals surface area contributed by atoms with Crippen molar-refractivity contribution in [3.8, 4) is 22.5 Å². The fourth-order valence-electron chi connectivity index (χ4n) is 7.45. The number of nitrogens with one attached hydrogen (secondary N) is 3. The van der Waals surface area contributed by atoms with Crippen LogP contribution in [0, 0.1) is 0 Å². The highest BCUT2D eigenvalue weighted by Gasteiger charge is 2.39. The highest BCUT2D eigenvalue weighted by Crippen LogP contribution is 2.30. The van der Waals surface area contributed by atoms with Crippen molar-refractivity contribution in [2.75, 3.05) is 37.9 Å². The molecule has 0 saturated carbocycles. The molecule has 7 rings (SSSR count). The van der Waals surface area contributed by atoms with Crippen molar-refractivity contribution in [3.63, 3.8) is 0 Å². The molecule has 4 amide bonds. The van der Waals surface area contributed by atoms with E-state index in [4.69, 9.17) is 9.47 Å². The van der Waals surface area contributed by atoms with Gasteiger partial charge < -0.3 is 29.9 Å². The summed E-state index contributed by atoms with van der Waals surface area (Å²) in [6, 6.07) is 34.2. The molecule has 2 saturated heterocycles. The van der Waals surface area contributed by atoms with Crippen LogP contribution >= 0.6 is 0 Å². The molecule has 282 valence electrons. The molecular formula is C43H44N6O6. The lowest BCUT2D eigenvalue weighted by molar-refractivity contribution is -0.146. The van der Waals surface area contributed by atoms with Crippen LogP contribution in [0.15, 0.2) is 115 Å². The number of rotatable bonds is 12. The van der Waals surface area contributed by atoms with E-state index in [2.05, 4.69) is 20.8 Å². The highest BCUT2D eigenvalue weighted by molar-refractivity contribution is 5.99. The van der Waals surface area contributed by atoms with Crippen molar-refractivity contribution >= 4 is 35.0 Å². The maximum atomic E-state index is 13.4. The number of anilines is 2. The third-order valence-corrected chi connectivity index (χ3v) is 10.3. The quantitative estimate of drug-likeness (QED) is 0.135. The summed E-state index contributed by atoms with van der Waals surface area (Å²) in [5, 5.41) is 13.5. The van der Waals surface area contributed by atoms with Crippen LogP contribution in [0.25, 0.3) is 22.5 Å². The number of benzene rings is 4. The molecule has 2 aliphatic rings. The molecule has 2 aliphatic heterocycles. The SMILES string of the molecule is CO[C@H](C(=O)N1CCC[C@H]1C(=O)Nc1ccc(-c2cc(-c3ccc(NC(=O)[C@@H]4CCCN4C(=O)[C@@H](OC)c4ccccc4)cc3)[nH]n2)cc1)c1ccccc1. The van der Waals surface area contributed by atoms with E-state index in [1.807, 2.05) is 115 Å². The number of H-pyrrole nitrogens is 1. The van der Waals surface area contributed by atoms with Gasteiger partial charge in [-0.15, -0.1) is 0 Å². The average Bonchev–Trinajstić information content (AvgIpc) is 4.02. The number of likely N-dealkylation sites (tertiary alicyclic amines) is 2. The van der Waals surface area contributed by atoms with Gasteiger partial charge in [-0.2, -0.15) is 5.10 Å². The Kier molecular flexibility index (Phi) is 11.4. The van der Waals surface area contributed by atoms with E-state index < -0.39 is 24.3 Å². The largest absolute Gasteiger partial charge is 0.367 e. The summed E-state index contributed by atoms with van der Waals surface area (Å²) in [6.45, 7) is 0.989. The number of carbonyl (C=O) groups excluding carboxylic acids is 4. The number of aromatic amines is 1. The summed E-state index contributed by atoms with van der Waals surface area (Å²) < 4.78 is 11.1. The molecule has 3 N–H and O–H groups in total. The van der Waals surface area contributed by atoms with E-state index in [1.165, 1.54) is 14.2 Å². The molecule has 55 heavy (non-hydrogen) atoms. The third kappa shape index (κ3) is 8.20. The minimum absolute atomic E-state index is 0.222. The summed E-state index contributed by atoms with van der Waals surface area (Å²) >= 11 is 0. The fourth-order valence-corrected chi connectivity index (χ4v) is 7.45. The van der Waals surface area contributed by atoms with Gasteiger partial charge in [0.15, 0.2) is 12.2 Å². The number of hydrogen-bond donors (Lipinski definition) is 3. The van der Waals surface area contributed by atoms with Crippen molar-refractivity contribution in [1.82, 2.24) is 20.0 Å². The lowest BCUT2D eigenvalue weighted by Gasteiger charge is -2.27. The molecule has 5 aromatic rings. The molecule has 4 atom stereocenters. The number of ether oxygens (including phenoxy) is 2. The Bertz CT molecular complexity index is 1960. The molecule has 12 nitrogen and oxygen atoms in total. The lowest BCUT2D eigenvalue weighted by atomic mass is 10.1. The molecule has 1 aromatic heterocycles. The Morgan fingerprint density at radius 1 is 0.636 bits per heavy atom. The molecular weight excluding hydrogens is 697 g/mol. The van der Waals surface area contributed by atoms with Crippen molar-refractivity contribution in [3.05, 3.63) is 126 Å².